The van der Waals surface area contributed by atoms with Crippen LogP contribution in [0.2, 0.25) is 0 Å². The van der Waals surface area contributed by atoms with E-state index >= 15 is 0 Å². The number of hydrogen-bond donors (Lipinski definition) is 2. The van der Waals surface area contributed by atoms with Gasteiger partial charge in [0.15, 0.2) is 5.65 Å². The zero-order valence-electron chi connectivity index (χ0n) is 9.69. The Morgan fingerprint density at radius 2 is 1.95 bits per heavy atom. The Kier molecular flexibility index (Phi) is 2.42. The predicted octanol–water partition coefficient (Wildman–Crippen LogP) is 1.80. The van der Waals surface area contributed by atoms with Crippen molar-refractivity contribution in [2.75, 3.05) is 0 Å². The fraction of sp³-hybridized carbons (Fsp3) is 0. The number of nitrogens with zero attached hydrogens (tertiary/aromatic N) is 3. The van der Waals surface area contributed by atoms with Crippen molar-refractivity contribution >= 4 is 11.6 Å². The summed E-state index contributed by atoms with van der Waals surface area (Å²) in [5, 5.41) is 22.7. The molecule has 0 aliphatic carbocycles. The third-order valence-electron chi connectivity index (χ3n) is 2.75. The summed E-state index contributed by atoms with van der Waals surface area (Å²) >= 11 is 0. The molecule has 0 amide bonds. The van der Waals surface area contributed by atoms with Crippen molar-refractivity contribution in [3.63, 3.8) is 0 Å². The van der Waals surface area contributed by atoms with Gasteiger partial charge in [-0.2, -0.15) is 9.61 Å². The second kappa shape index (κ2) is 4.09. The van der Waals surface area contributed by atoms with Gasteiger partial charge in [-0.15, -0.1) is 0 Å². The van der Waals surface area contributed by atoms with Gasteiger partial charge in [0.1, 0.15) is 5.56 Å². The molecule has 2 aromatic heterocycles. The van der Waals surface area contributed by atoms with E-state index in [1.807, 2.05) is 30.3 Å². The highest BCUT2D eigenvalue weighted by atomic mass is 16.4. The van der Waals surface area contributed by atoms with Gasteiger partial charge in [-0.05, 0) is 0 Å². The molecule has 0 atom stereocenters. The summed E-state index contributed by atoms with van der Waals surface area (Å²) in [5.74, 6) is -1.29. The first-order valence-electron chi connectivity index (χ1n) is 5.53. The molecule has 0 saturated heterocycles. The molecule has 0 radical (unpaired) electrons. The fourth-order valence-electron chi connectivity index (χ4n) is 1.85. The Labute approximate surface area is 107 Å². The minimum atomic E-state index is -1.13. The maximum Gasteiger partial charge on any atom is 0.341 e. The van der Waals surface area contributed by atoms with Crippen molar-refractivity contribution < 1.29 is 15.0 Å². The lowest BCUT2D eigenvalue weighted by Gasteiger charge is -2.04. The number of aromatic nitrogens is 3. The molecule has 0 aliphatic heterocycles. The highest BCUT2D eigenvalue weighted by Gasteiger charge is 2.16. The van der Waals surface area contributed by atoms with Gasteiger partial charge >= 0.3 is 5.97 Å². The number of hydrogen-bond acceptors (Lipinski definition) is 4. The number of aromatic hydroxyl groups is 1. The van der Waals surface area contributed by atoms with E-state index < -0.39 is 5.97 Å². The Morgan fingerprint density at radius 3 is 2.63 bits per heavy atom. The average Bonchev–Trinajstić information content (AvgIpc) is 2.84. The summed E-state index contributed by atoms with van der Waals surface area (Å²) in [6, 6.07) is 10.6. The number of aromatic carboxylic acids is 1. The van der Waals surface area contributed by atoms with E-state index in [-0.39, 0.29) is 17.1 Å². The van der Waals surface area contributed by atoms with Gasteiger partial charge in [0.25, 0.3) is 0 Å². The van der Waals surface area contributed by atoms with E-state index in [2.05, 4.69) is 10.1 Å². The number of carboxylic acids is 1. The van der Waals surface area contributed by atoms with Crippen LogP contribution in [0.25, 0.3) is 16.9 Å². The first-order chi connectivity index (χ1) is 9.16. The van der Waals surface area contributed by atoms with Crippen LogP contribution in [0.5, 0.6) is 5.88 Å². The molecule has 0 saturated carbocycles. The standard InChI is InChI=1S/C13H9N3O3/c17-11-6-10(8-4-2-1-3-5-8)15-12-9(13(18)19)7-14-16(11)12/h1-7,17H,(H,18,19). The largest absolute Gasteiger partial charge is 0.493 e. The molecule has 94 valence electrons. The quantitative estimate of drug-likeness (QED) is 0.729. The maximum absolute atomic E-state index is 11.1. The summed E-state index contributed by atoms with van der Waals surface area (Å²) in [5.41, 5.74) is 1.35. The summed E-state index contributed by atoms with van der Waals surface area (Å²) < 4.78 is 1.09. The maximum atomic E-state index is 11.1. The summed E-state index contributed by atoms with van der Waals surface area (Å²) in [6.07, 6.45) is 1.17. The second-order valence-electron chi connectivity index (χ2n) is 3.96. The molecule has 0 fully saturated rings. The van der Waals surface area contributed by atoms with Crippen LogP contribution in [0.1, 0.15) is 10.4 Å². The van der Waals surface area contributed by atoms with Crippen LogP contribution >= 0.6 is 0 Å². The van der Waals surface area contributed by atoms with Gasteiger partial charge in [-0.1, -0.05) is 30.3 Å². The second-order valence-corrected chi connectivity index (χ2v) is 3.96. The first-order valence-corrected chi connectivity index (χ1v) is 5.53. The molecule has 3 aromatic rings. The van der Waals surface area contributed by atoms with Gasteiger partial charge in [-0.25, -0.2) is 9.78 Å². The number of fused-ring (bicyclic) bond motifs is 1. The molecule has 0 unspecified atom stereocenters. The van der Waals surface area contributed by atoms with Crippen molar-refractivity contribution in [2.24, 2.45) is 0 Å². The topological polar surface area (TPSA) is 87.7 Å². The third kappa shape index (κ3) is 1.79. The van der Waals surface area contributed by atoms with Crippen molar-refractivity contribution in [2.45, 2.75) is 0 Å². The Bertz CT molecular complexity index is 765. The van der Waals surface area contributed by atoms with Crippen molar-refractivity contribution in [3.8, 4) is 17.1 Å². The van der Waals surface area contributed by atoms with Crippen LogP contribution in [0, 0.1) is 0 Å². The number of rotatable bonds is 2. The van der Waals surface area contributed by atoms with Gasteiger partial charge in [0.2, 0.25) is 5.88 Å². The van der Waals surface area contributed by atoms with Crippen LogP contribution in [0.3, 0.4) is 0 Å². The highest BCUT2D eigenvalue weighted by molar-refractivity contribution is 5.94. The van der Waals surface area contributed by atoms with Gasteiger partial charge in [-0.3, -0.25) is 0 Å². The fourth-order valence-corrected chi connectivity index (χ4v) is 1.85. The Hall–Kier alpha value is -2.89. The Balaban J connectivity index is 2.28. The van der Waals surface area contributed by atoms with Crippen molar-refractivity contribution in [1.29, 1.82) is 0 Å². The zero-order valence-corrected chi connectivity index (χ0v) is 9.69. The molecule has 0 bridgehead atoms. The number of carboxylic acid groups (broad SMARTS) is 1. The molecular weight excluding hydrogens is 246 g/mol. The monoisotopic (exact) mass is 255 g/mol. The van der Waals surface area contributed by atoms with E-state index in [4.69, 9.17) is 5.11 Å². The average molecular weight is 255 g/mol. The lowest BCUT2D eigenvalue weighted by molar-refractivity contribution is 0.0699. The van der Waals surface area contributed by atoms with Gasteiger partial charge in [0, 0.05) is 11.6 Å². The van der Waals surface area contributed by atoms with Crippen LogP contribution in [-0.2, 0) is 0 Å². The molecule has 0 aliphatic rings. The predicted molar refractivity (Wildman–Crippen MR) is 67.0 cm³/mol. The van der Waals surface area contributed by atoms with Gasteiger partial charge < -0.3 is 10.2 Å². The number of benzene rings is 1. The van der Waals surface area contributed by atoms with E-state index in [0.29, 0.717) is 5.69 Å². The molecule has 3 rings (SSSR count). The summed E-state index contributed by atoms with van der Waals surface area (Å²) in [4.78, 5) is 15.3. The van der Waals surface area contributed by atoms with Crippen LogP contribution in [-0.4, -0.2) is 30.8 Å². The first kappa shape index (κ1) is 11.2. The molecule has 1 aromatic carbocycles. The van der Waals surface area contributed by atoms with Gasteiger partial charge in [0.05, 0.1) is 11.9 Å². The third-order valence-corrected chi connectivity index (χ3v) is 2.75. The van der Waals surface area contributed by atoms with E-state index in [9.17, 15) is 9.90 Å². The molecule has 2 heterocycles. The van der Waals surface area contributed by atoms with E-state index in [0.717, 1.165) is 10.1 Å². The number of carbonyl (C=O) groups is 1. The van der Waals surface area contributed by atoms with Crippen molar-refractivity contribution in [3.05, 3.63) is 48.2 Å². The molecular formula is C13H9N3O3. The normalized spacial score (nSPS) is 10.7. The Morgan fingerprint density at radius 1 is 1.21 bits per heavy atom. The van der Waals surface area contributed by atoms with Crippen LogP contribution in [0.15, 0.2) is 42.6 Å². The molecule has 6 nitrogen and oxygen atoms in total. The van der Waals surface area contributed by atoms with E-state index in [1.165, 1.54) is 12.3 Å². The molecule has 0 spiro atoms. The lowest BCUT2D eigenvalue weighted by atomic mass is 10.1. The minimum absolute atomic E-state index is 0.0481. The van der Waals surface area contributed by atoms with Crippen LogP contribution in [0.4, 0.5) is 0 Å². The SMILES string of the molecule is O=C(O)c1cnn2c(O)cc(-c3ccccc3)nc12. The lowest BCUT2D eigenvalue weighted by Crippen LogP contribution is -1.99. The van der Waals surface area contributed by atoms with E-state index in [1.54, 1.807) is 0 Å². The molecule has 19 heavy (non-hydrogen) atoms. The smallest absolute Gasteiger partial charge is 0.341 e. The summed E-state index contributed by atoms with van der Waals surface area (Å²) in [7, 11) is 0. The molecule has 2 N–H and O–H groups in total. The summed E-state index contributed by atoms with van der Waals surface area (Å²) in [6.45, 7) is 0. The van der Waals surface area contributed by atoms with Crippen molar-refractivity contribution in [1.82, 2.24) is 14.6 Å². The highest BCUT2D eigenvalue weighted by Crippen LogP contribution is 2.23. The minimum Gasteiger partial charge on any atom is -0.493 e. The zero-order chi connectivity index (χ0) is 13.4. The molecule has 6 heteroatoms. The van der Waals surface area contributed by atoms with Crippen LogP contribution < -0.4 is 0 Å².